The second-order valence-corrected chi connectivity index (χ2v) is 14.1. The van der Waals surface area contributed by atoms with Crippen molar-refractivity contribution in [2.24, 2.45) is 0 Å². The summed E-state index contributed by atoms with van der Waals surface area (Å²) in [6.07, 6.45) is 0. The molecule has 0 aliphatic rings. The van der Waals surface area contributed by atoms with Crippen molar-refractivity contribution in [3.8, 4) is 54.9 Å². The molecule has 0 atom stereocenters. The summed E-state index contributed by atoms with van der Waals surface area (Å²) in [5.74, 6) is 0. The molecule has 49 heavy (non-hydrogen) atoms. The first-order chi connectivity index (χ1) is 24.1. The molecule has 0 amide bonds. The van der Waals surface area contributed by atoms with E-state index in [0.29, 0.717) is 0 Å². The molecule has 232 valence electrons. The van der Waals surface area contributed by atoms with Crippen molar-refractivity contribution < 1.29 is 0 Å². The van der Waals surface area contributed by atoms with Gasteiger partial charge in [-0.1, -0.05) is 169 Å². The van der Waals surface area contributed by atoms with Gasteiger partial charge in [0.15, 0.2) is 0 Å². The molecule has 0 N–H and O–H groups in total. The molecule has 1 heteroatoms. The molecule has 9 aromatic rings. The fraction of sp³-hybridized carbons (Fsp3) is 0.0417. The van der Waals surface area contributed by atoms with Gasteiger partial charge in [0.25, 0.3) is 0 Å². The third kappa shape index (κ3) is 5.33. The minimum Gasteiger partial charge on any atom is -0.135 e. The zero-order chi connectivity index (χ0) is 32.9. The first-order valence-corrected chi connectivity index (χ1v) is 17.7. The molecule has 1 heterocycles. The van der Waals surface area contributed by atoms with E-state index in [1.165, 1.54) is 97.7 Å². The van der Waals surface area contributed by atoms with Crippen LogP contribution >= 0.6 is 11.3 Å². The lowest BCUT2D eigenvalue weighted by Crippen LogP contribution is -1.87. The molecule has 9 rings (SSSR count). The highest BCUT2D eigenvalue weighted by atomic mass is 32.1. The third-order valence-corrected chi connectivity index (χ3v) is 11.1. The Morgan fingerprint density at radius 3 is 1.57 bits per heavy atom. The molecule has 0 radical (unpaired) electrons. The van der Waals surface area contributed by atoms with Gasteiger partial charge >= 0.3 is 0 Å². The monoisotopic (exact) mass is 642 g/mol. The number of aryl methyl sites for hydroxylation is 2. The molecule has 0 aliphatic carbocycles. The molecule has 8 aromatic carbocycles. The zero-order valence-electron chi connectivity index (χ0n) is 27.6. The number of hydrogen-bond donors (Lipinski definition) is 0. The van der Waals surface area contributed by atoms with Crippen LogP contribution in [0.1, 0.15) is 11.1 Å². The number of rotatable bonds is 5. The maximum Gasteiger partial charge on any atom is 0.0433 e. The fourth-order valence-electron chi connectivity index (χ4n) is 7.19. The number of fused-ring (bicyclic) bond motifs is 3. The van der Waals surface area contributed by atoms with E-state index in [1.807, 2.05) is 11.3 Å². The molecule has 0 fully saturated rings. The quantitative estimate of drug-likeness (QED) is 0.175. The summed E-state index contributed by atoms with van der Waals surface area (Å²) in [4.78, 5) is 1.32. The molecule has 0 unspecified atom stereocenters. The average Bonchev–Trinajstić information content (AvgIpc) is 3.54. The molecule has 0 saturated heterocycles. The predicted molar refractivity (Wildman–Crippen MR) is 213 cm³/mol. The van der Waals surface area contributed by atoms with Crippen LogP contribution in [0.2, 0.25) is 0 Å². The predicted octanol–water partition coefficient (Wildman–Crippen LogP) is 14.2. The first kappa shape index (κ1) is 29.4. The minimum atomic E-state index is 1.23. The van der Waals surface area contributed by atoms with Crippen molar-refractivity contribution in [2.45, 2.75) is 13.8 Å². The van der Waals surface area contributed by atoms with Gasteiger partial charge in [-0.25, -0.2) is 0 Å². The molecule has 0 aliphatic heterocycles. The van der Waals surface area contributed by atoms with Crippen molar-refractivity contribution >= 4 is 43.0 Å². The van der Waals surface area contributed by atoms with Crippen molar-refractivity contribution in [1.29, 1.82) is 0 Å². The van der Waals surface area contributed by atoms with E-state index in [9.17, 15) is 0 Å². The van der Waals surface area contributed by atoms with Gasteiger partial charge in [-0.15, -0.1) is 11.3 Å². The number of thiophene rings is 1. The van der Waals surface area contributed by atoms with Gasteiger partial charge in [0, 0.05) is 20.5 Å². The lowest BCUT2D eigenvalue weighted by atomic mass is 9.90. The molecule has 0 bridgehead atoms. The van der Waals surface area contributed by atoms with E-state index in [1.54, 1.807) is 0 Å². The summed E-state index contributed by atoms with van der Waals surface area (Å²) in [6, 6.07) is 62.8. The van der Waals surface area contributed by atoms with Crippen LogP contribution in [0.25, 0.3) is 86.6 Å². The summed E-state index contributed by atoms with van der Waals surface area (Å²) >= 11 is 1.90. The maximum absolute atomic E-state index is 2.40. The molecule has 0 saturated carbocycles. The molecular weight excluding hydrogens is 609 g/mol. The van der Waals surface area contributed by atoms with Gasteiger partial charge < -0.3 is 0 Å². The van der Waals surface area contributed by atoms with E-state index >= 15 is 0 Å². The second kappa shape index (κ2) is 12.0. The van der Waals surface area contributed by atoms with Crippen molar-refractivity contribution in [1.82, 2.24) is 0 Å². The fourth-order valence-corrected chi connectivity index (χ4v) is 8.46. The van der Waals surface area contributed by atoms with E-state index in [0.717, 1.165) is 0 Å². The molecule has 1 aromatic heterocycles. The average molecular weight is 643 g/mol. The van der Waals surface area contributed by atoms with E-state index < -0.39 is 0 Å². The van der Waals surface area contributed by atoms with Crippen LogP contribution in [0, 0.1) is 13.8 Å². The van der Waals surface area contributed by atoms with Crippen LogP contribution in [0.15, 0.2) is 170 Å². The second-order valence-electron chi connectivity index (χ2n) is 13.1. The Morgan fingerprint density at radius 2 is 0.878 bits per heavy atom. The molecular formula is C48H34S. The Morgan fingerprint density at radius 1 is 0.347 bits per heavy atom. The largest absolute Gasteiger partial charge is 0.135 e. The Bertz CT molecular complexity index is 2640. The van der Waals surface area contributed by atoms with Crippen molar-refractivity contribution in [3.05, 3.63) is 181 Å². The summed E-state index contributed by atoms with van der Waals surface area (Å²) in [5, 5.41) is 6.38. The van der Waals surface area contributed by atoms with Crippen LogP contribution in [-0.2, 0) is 0 Å². The normalized spacial score (nSPS) is 11.5. The smallest absolute Gasteiger partial charge is 0.0433 e. The van der Waals surface area contributed by atoms with Crippen LogP contribution in [-0.4, -0.2) is 0 Å². The minimum absolute atomic E-state index is 1.23. The van der Waals surface area contributed by atoms with Gasteiger partial charge in [-0.3, -0.25) is 0 Å². The van der Waals surface area contributed by atoms with E-state index in [4.69, 9.17) is 0 Å². The van der Waals surface area contributed by atoms with E-state index in [-0.39, 0.29) is 0 Å². The van der Waals surface area contributed by atoms with Crippen LogP contribution in [0.4, 0.5) is 0 Å². The SMILES string of the molecule is Cc1ccc(-c2sc3cc(-c4ccc(-c5ccc(-c6ccc7ccccc7c6)cc5)c5ccccc45)ccc3c2-c2ccc(C)cc2)cc1. The third-order valence-electron chi connectivity index (χ3n) is 9.86. The summed E-state index contributed by atoms with van der Waals surface area (Å²) in [5.41, 5.74) is 13.9. The summed E-state index contributed by atoms with van der Waals surface area (Å²) < 4.78 is 1.31. The standard InChI is InChI=1S/C48H34S/c1-31-11-15-36(16-12-31)47-45-26-25-40(30-46(45)49-48(47)37-17-13-32(2)14-18-37)42-28-27-41(43-9-5-6-10-44(42)43)35-22-19-34(20-23-35)39-24-21-33-7-3-4-8-38(33)29-39/h3-30H,1-2H3. The van der Waals surface area contributed by atoms with Gasteiger partial charge in [-0.2, -0.15) is 0 Å². The number of benzene rings is 8. The molecule has 0 nitrogen and oxygen atoms in total. The van der Waals surface area contributed by atoms with Gasteiger partial charge in [0.05, 0.1) is 0 Å². The topological polar surface area (TPSA) is 0 Å². The first-order valence-electron chi connectivity index (χ1n) is 16.9. The van der Waals surface area contributed by atoms with E-state index in [2.05, 4.69) is 184 Å². The van der Waals surface area contributed by atoms with Crippen LogP contribution in [0.3, 0.4) is 0 Å². The maximum atomic E-state index is 2.40. The number of hydrogen-bond acceptors (Lipinski definition) is 1. The summed E-state index contributed by atoms with van der Waals surface area (Å²) in [6.45, 7) is 4.30. The zero-order valence-corrected chi connectivity index (χ0v) is 28.4. The lowest BCUT2D eigenvalue weighted by Gasteiger charge is -2.13. The lowest BCUT2D eigenvalue weighted by molar-refractivity contribution is 1.47. The van der Waals surface area contributed by atoms with Crippen LogP contribution < -0.4 is 0 Å². The highest BCUT2D eigenvalue weighted by Crippen LogP contribution is 2.47. The van der Waals surface area contributed by atoms with Crippen LogP contribution in [0.5, 0.6) is 0 Å². The van der Waals surface area contributed by atoms with Crippen molar-refractivity contribution in [2.75, 3.05) is 0 Å². The molecule has 0 spiro atoms. The van der Waals surface area contributed by atoms with Gasteiger partial charge in [0.2, 0.25) is 0 Å². The highest BCUT2D eigenvalue weighted by Gasteiger charge is 2.18. The highest BCUT2D eigenvalue weighted by molar-refractivity contribution is 7.23. The summed E-state index contributed by atoms with van der Waals surface area (Å²) in [7, 11) is 0. The van der Waals surface area contributed by atoms with Gasteiger partial charge in [-0.05, 0) is 92.0 Å². The Balaban J connectivity index is 1.13. The Kier molecular flexibility index (Phi) is 7.22. The Hall–Kier alpha value is -5.76. The van der Waals surface area contributed by atoms with Gasteiger partial charge in [0.1, 0.15) is 0 Å². The van der Waals surface area contributed by atoms with Crippen molar-refractivity contribution in [3.63, 3.8) is 0 Å². The Labute approximate surface area is 291 Å².